The highest BCUT2D eigenvalue weighted by Crippen LogP contribution is 2.13. The molecule has 0 unspecified atom stereocenters. The molecule has 25 heavy (non-hydrogen) atoms. The van der Waals surface area contributed by atoms with Gasteiger partial charge in [0.25, 0.3) is 0 Å². The molecule has 1 atom stereocenters. The number of carboxylic acids is 1. The number of carbonyl (C=O) groups is 1. The summed E-state index contributed by atoms with van der Waals surface area (Å²) in [5, 5.41) is 8.62. The average molecular weight is 358 g/mol. The molecule has 0 rings (SSSR count). The van der Waals surface area contributed by atoms with Crippen molar-refractivity contribution in [1.82, 2.24) is 0 Å². The third-order valence-electron chi connectivity index (χ3n) is 4.76. The third kappa shape index (κ3) is 19.6. The van der Waals surface area contributed by atoms with Gasteiger partial charge in [0.05, 0.1) is 6.61 Å². The summed E-state index contributed by atoms with van der Waals surface area (Å²) in [6.07, 6.45) is 21.6. The van der Waals surface area contributed by atoms with Gasteiger partial charge in [0.15, 0.2) is 0 Å². The molecule has 0 aromatic rings. The van der Waals surface area contributed by atoms with E-state index >= 15 is 0 Å². The predicted octanol–water partition coefficient (Wildman–Crippen LogP) is 5.68. The zero-order valence-corrected chi connectivity index (χ0v) is 16.6. The van der Waals surface area contributed by atoms with Gasteiger partial charge in [-0.05, 0) is 6.42 Å². The van der Waals surface area contributed by atoms with E-state index in [0.29, 0.717) is 6.61 Å². The molecule has 0 aliphatic rings. The molecular weight excluding hydrogens is 314 g/mol. The Hall–Kier alpha value is -0.610. The predicted molar refractivity (Wildman–Crippen MR) is 106 cm³/mol. The van der Waals surface area contributed by atoms with Gasteiger partial charge in [-0.3, -0.25) is 4.79 Å². The Morgan fingerprint density at radius 1 is 0.760 bits per heavy atom. The van der Waals surface area contributed by atoms with Crippen molar-refractivity contribution in [2.24, 2.45) is 5.73 Å². The van der Waals surface area contributed by atoms with Crippen molar-refractivity contribution in [1.29, 1.82) is 0 Å². The van der Waals surface area contributed by atoms with Gasteiger partial charge in [-0.15, -0.1) is 0 Å². The number of nitrogens with two attached hydrogens (primary N) is 1. The number of hydrogen-bond donors (Lipinski definition) is 2. The van der Waals surface area contributed by atoms with E-state index in [1.807, 2.05) is 0 Å². The largest absolute Gasteiger partial charge is 0.480 e. The van der Waals surface area contributed by atoms with Crippen molar-refractivity contribution < 1.29 is 14.6 Å². The van der Waals surface area contributed by atoms with Crippen molar-refractivity contribution in [3.63, 3.8) is 0 Å². The van der Waals surface area contributed by atoms with Gasteiger partial charge in [-0.1, -0.05) is 103 Å². The molecule has 0 aromatic heterocycles. The van der Waals surface area contributed by atoms with Crippen LogP contribution in [-0.4, -0.2) is 30.3 Å². The molecule has 0 saturated carbocycles. The summed E-state index contributed by atoms with van der Waals surface area (Å²) in [5.41, 5.74) is 5.36. The Morgan fingerprint density at radius 3 is 1.48 bits per heavy atom. The second-order valence-corrected chi connectivity index (χ2v) is 7.32. The van der Waals surface area contributed by atoms with Crippen LogP contribution in [0.5, 0.6) is 0 Å². The van der Waals surface area contributed by atoms with Gasteiger partial charge in [-0.2, -0.15) is 0 Å². The van der Waals surface area contributed by atoms with Crippen LogP contribution in [0.25, 0.3) is 0 Å². The van der Waals surface area contributed by atoms with E-state index in [1.54, 1.807) is 0 Å². The quantitative estimate of drug-likeness (QED) is 0.275. The summed E-state index contributed by atoms with van der Waals surface area (Å²) in [7, 11) is 0. The lowest BCUT2D eigenvalue weighted by molar-refractivity contribution is -0.140. The summed E-state index contributed by atoms with van der Waals surface area (Å²) in [6, 6.07) is -0.888. The summed E-state index contributed by atoms with van der Waals surface area (Å²) in [6.45, 7) is 3.02. The van der Waals surface area contributed by atoms with Crippen LogP contribution < -0.4 is 5.73 Å². The number of rotatable bonds is 20. The van der Waals surface area contributed by atoms with Crippen molar-refractivity contribution in [2.45, 2.75) is 116 Å². The lowest BCUT2D eigenvalue weighted by atomic mass is 10.0. The Bertz CT molecular complexity index is 284. The number of aliphatic carboxylic acids is 1. The van der Waals surface area contributed by atoms with Gasteiger partial charge in [0.2, 0.25) is 0 Å². The third-order valence-corrected chi connectivity index (χ3v) is 4.76. The van der Waals surface area contributed by atoms with Crippen molar-refractivity contribution in [2.75, 3.05) is 13.2 Å². The topological polar surface area (TPSA) is 72.5 Å². The van der Waals surface area contributed by atoms with Gasteiger partial charge in [0, 0.05) is 6.61 Å². The van der Waals surface area contributed by atoms with E-state index < -0.39 is 12.0 Å². The second-order valence-electron chi connectivity index (χ2n) is 7.32. The molecule has 3 N–H and O–H groups in total. The van der Waals surface area contributed by atoms with Crippen LogP contribution in [0, 0.1) is 0 Å². The smallest absolute Gasteiger partial charge is 0.322 e. The number of ether oxygens (including phenoxy) is 1. The van der Waals surface area contributed by atoms with Crippen LogP contribution in [0.3, 0.4) is 0 Å². The van der Waals surface area contributed by atoms with E-state index in [-0.39, 0.29) is 6.61 Å². The maximum atomic E-state index is 10.5. The van der Waals surface area contributed by atoms with E-state index in [9.17, 15) is 4.79 Å². The highest BCUT2D eigenvalue weighted by molar-refractivity contribution is 5.73. The van der Waals surface area contributed by atoms with Crippen LogP contribution in [0.1, 0.15) is 110 Å². The molecular formula is C21H43NO3. The first-order valence-electron chi connectivity index (χ1n) is 10.7. The lowest BCUT2D eigenvalue weighted by Crippen LogP contribution is -2.34. The summed E-state index contributed by atoms with van der Waals surface area (Å²) >= 11 is 0. The number of unbranched alkanes of at least 4 members (excludes halogenated alkanes) is 15. The Kier molecular flexibility index (Phi) is 19.2. The van der Waals surface area contributed by atoms with Crippen LogP contribution in [0.2, 0.25) is 0 Å². The minimum absolute atomic E-state index is 0.119. The first kappa shape index (κ1) is 24.4. The van der Waals surface area contributed by atoms with Gasteiger partial charge < -0.3 is 15.6 Å². The normalized spacial score (nSPS) is 12.4. The van der Waals surface area contributed by atoms with Crippen LogP contribution in [0.4, 0.5) is 0 Å². The van der Waals surface area contributed by atoms with E-state index in [2.05, 4.69) is 6.92 Å². The maximum absolute atomic E-state index is 10.5. The van der Waals surface area contributed by atoms with Crippen LogP contribution >= 0.6 is 0 Å². The lowest BCUT2D eigenvalue weighted by Gasteiger charge is -2.07. The minimum atomic E-state index is -0.994. The summed E-state index contributed by atoms with van der Waals surface area (Å²) in [5.74, 6) is -0.994. The fraction of sp³-hybridized carbons (Fsp3) is 0.952. The standard InChI is InChI=1S/C21H43NO3/c1-2-3-4-5-6-7-8-9-10-11-12-13-14-15-16-17-18-25-19-20(22)21(23)24/h20H,2-19,22H2,1H3,(H,23,24)/t20-/m0/s1. The van der Waals surface area contributed by atoms with Gasteiger partial charge >= 0.3 is 5.97 Å². The molecule has 0 bridgehead atoms. The van der Waals surface area contributed by atoms with Gasteiger partial charge in [-0.25, -0.2) is 0 Å². The van der Waals surface area contributed by atoms with E-state index in [1.165, 1.54) is 96.3 Å². The molecule has 0 heterocycles. The molecule has 0 saturated heterocycles. The minimum Gasteiger partial charge on any atom is -0.480 e. The molecule has 4 heteroatoms. The Labute approximate surface area is 155 Å². The molecule has 0 aromatic carbocycles. The highest BCUT2D eigenvalue weighted by atomic mass is 16.5. The number of hydrogen-bond acceptors (Lipinski definition) is 3. The SMILES string of the molecule is CCCCCCCCCCCCCCCCCCOC[C@H](N)C(=O)O. The molecule has 0 radical (unpaired) electrons. The Morgan fingerprint density at radius 2 is 1.12 bits per heavy atom. The summed E-state index contributed by atoms with van der Waals surface area (Å²) in [4.78, 5) is 10.5. The average Bonchev–Trinajstić information content (AvgIpc) is 2.60. The van der Waals surface area contributed by atoms with E-state index in [0.717, 1.165) is 6.42 Å². The van der Waals surface area contributed by atoms with E-state index in [4.69, 9.17) is 15.6 Å². The molecule has 0 fully saturated rings. The fourth-order valence-corrected chi connectivity index (χ4v) is 3.03. The highest BCUT2D eigenvalue weighted by Gasteiger charge is 2.10. The molecule has 0 aliphatic carbocycles. The summed E-state index contributed by atoms with van der Waals surface area (Å²) < 4.78 is 5.27. The molecule has 150 valence electrons. The molecule has 0 amide bonds. The second kappa shape index (κ2) is 19.7. The fourth-order valence-electron chi connectivity index (χ4n) is 3.03. The van der Waals surface area contributed by atoms with Crippen LogP contribution in [0.15, 0.2) is 0 Å². The zero-order valence-electron chi connectivity index (χ0n) is 16.6. The molecule has 0 spiro atoms. The molecule has 4 nitrogen and oxygen atoms in total. The van der Waals surface area contributed by atoms with Crippen molar-refractivity contribution >= 4 is 5.97 Å². The zero-order chi connectivity index (χ0) is 18.6. The first-order valence-corrected chi connectivity index (χ1v) is 10.7. The maximum Gasteiger partial charge on any atom is 0.322 e. The Balaban J connectivity index is 3.04. The first-order chi connectivity index (χ1) is 12.2. The number of carboxylic acid groups (broad SMARTS) is 1. The van der Waals surface area contributed by atoms with Gasteiger partial charge in [0.1, 0.15) is 6.04 Å². The monoisotopic (exact) mass is 357 g/mol. The van der Waals surface area contributed by atoms with Crippen molar-refractivity contribution in [3.8, 4) is 0 Å². The molecule has 0 aliphatic heterocycles. The van der Waals surface area contributed by atoms with Crippen molar-refractivity contribution in [3.05, 3.63) is 0 Å². The van der Waals surface area contributed by atoms with Crippen LogP contribution in [-0.2, 0) is 9.53 Å².